The summed E-state index contributed by atoms with van der Waals surface area (Å²) < 4.78 is 23.3. The molecule has 0 unspecified atom stereocenters. The van der Waals surface area contributed by atoms with Crippen LogP contribution in [0.15, 0.2) is 35.2 Å². The van der Waals surface area contributed by atoms with E-state index in [0.717, 1.165) is 12.5 Å². The molecule has 0 spiro atoms. The molecule has 0 amide bonds. The predicted octanol–water partition coefficient (Wildman–Crippen LogP) is 1.89. The standard InChI is InChI=1S/C12H9FN2O4/c13-9-5-8(2-4-12(16)17)1-3-10(9)18-6-11-14-7-19-15-11/h1-5,7H,6H2,(H,16,17)/b4-2+. The molecule has 2 aromatic rings. The molecule has 1 aromatic carbocycles. The van der Waals surface area contributed by atoms with E-state index in [1.165, 1.54) is 24.3 Å². The summed E-state index contributed by atoms with van der Waals surface area (Å²) in [7, 11) is 0. The molecule has 0 saturated heterocycles. The number of hydrogen-bond donors (Lipinski definition) is 1. The van der Waals surface area contributed by atoms with E-state index >= 15 is 0 Å². The summed E-state index contributed by atoms with van der Waals surface area (Å²) in [5.74, 6) is -1.37. The number of aromatic nitrogens is 2. The van der Waals surface area contributed by atoms with E-state index in [1.54, 1.807) is 0 Å². The predicted molar refractivity (Wildman–Crippen MR) is 61.7 cm³/mol. The lowest BCUT2D eigenvalue weighted by molar-refractivity contribution is -0.131. The highest BCUT2D eigenvalue weighted by Crippen LogP contribution is 2.19. The molecular weight excluding hydrogens is 255 g/mol. The molecule has 98 valence electrons. The van der Waals surface area contributed by atoms with Crippen LogP contribution in [0.1, 0.15) is 11.4 Å². The molecule has 0 aliphatic heterocycles. The Bertz CT molecular complexity index is 596. The van der Waals surface area contributed by atoms with Crippen LogP contribution in [0.5, 0.6) is 5.75 Å². The van der Waals surface area contributed by atoms with Gasteiger partial charge in [-0.2, -0.15) is 4.98 Å². The largest absolute Gasteiger partial charge is 0.482 e. The molecule has 2 rings (SSSR count). The first-order chi connectivity index (χ1) is 9.15. The van der Waals surface area contributed by atoms with Crippen molar-refractivity contribution >= 4 is 12.0 Å². The lowest BCUT2D eigenvalue weighted by atomic mass is 10.2. The number of benzene rings is 1. The zero-order chi connectivity index (χ0) is 13.7. The summed E-state index contributed by atoms with van der Waals surface area (Å²) in [6.45, 7) is -0.0161. The van der Waals surface area contributed by atoms with Gasteiger partial charge in [-0.05, 0) is 23.8 Å². The molecule has 0 fully saturated rings. The van der Waals surface area contributed by atoms with Crippen molar-refractivity contribution in [3.63, 3.8) is 0 Å². The van der Waals surface area contributed by atoms with Gasteiger partial charge in [0.2, 0.25) is 12.2 Å². The third-order valence-corrected chi connectivity index (χ3v) is 2.14. The van der Waals surface area contributed by atoms with Crippen molar-refractivity contribution < 1.29 is 23.6 Å². The molecule has 1 aromatic heterocycles. The maximum Gasteiger partial charge on any atom is 0.328 e. The topological polar surface area (TPSA) is 85.5 Å². The molecule has 1 N–H and O–H groups in total. The Labute approximate surface area is 107 Å². The number of nitrogens with zero attached hydrogens (tertiary/aromatic N) is 2. The summed E-state index contributed by atoms with van der Waals surface area (Å²) in [4.78, 5) is 14.1. The molecule has 0 aliphatic carbocycles. The Morgan fingerprint density at radius 3 is 3.00 bits per heavy atom. The molecule has 0 aliphatic rings. The van der Waals surface area contributed by atoms with E-state index < -0.39 is 11.8 Å². The maximum atomic E-state index is 13.6. The van der Waals surface area contributed by atoms with Crippen molar-refractivity contribution in [1.82, 2.24) is 10.1 Å². The van der Waals surface area contributed by atoms with Crippen molar-refractivity contribution in [2.24, 2.45) is 0 Å². The minimum absolute atomic E-state index is 0.0161. The fraction of sp³-hybridized carbons (Fsp3) is 0.0833. The van der Waals surface area contributed by atoms with Crippen LogP contribution in [0.2, 0.25) is 0 Å². The van der Waals surface area contributed by atoms with Crippen LogP contribution in [0.25, 0.3) is 6.08 Å². The number of hydrogen-bond acceptors (Lipinski definition) is 5. The van der Waals surface area contributed by atoms with E-state index in [9.17, 15) is 9.18 Å². The van der Waals surface area contributed by atoms with Crippen LogP contribution in [0.4, 0.5) is 4.39 Å². The second-order valence-corrected chi connectivity index (χ2v) is 3.50. The molecule has 0 bridgehead atoms. The summed E-state index contributed by atoms with van der Waals surface area (Å²) in [6, 6.07) is 4.11. The molecule has 7 heteroatoms. The summed E-state index contributed by atoms with van der Waals surface area (Å²) in [5.41, 5.74) is 0.423. The first kappa shape index (κ1) is 12.7. The van der Waals surface area contributed by atoms with Gasteiger partial charge in [0.05, 0.1) is 0 Å². The molecule has 0 radical (unpaired) electrons. The number of aliphatic carboxylic acids is 1. The molecule has 1 heterocycles. The van der Waals surface area contributed by atoms with E-state index in [0.29, 0.717) is 11.4 Å². The van der Waals surface area contributed by atoms with E-state index in [-0.39, 0.29) is 12.4 Å². The number of carboxylic acids is 1. The Morgan fingerprint density at radius 1 is 1.53 bits per heavy atom. The lowest BCUT2D eigenvalue weighted by Crippen LogP contribution is -1.99. The van der Waals surface area contributed by atoms with E-state index in [2.05, 4.69) is 14.7 Å². The Balaban J connectivity index is 2.04. The minimum atomic E-state index is -1.10. The van der Waals surface area contributed by atoms with Gasteiger partial charge in [-0.15, -0.1) is 0 Å². The van der Waals surface area contributed by atoms with Crippen LogP contribution >= 0.6 is 0 Å². The highest BCUT2D eigenvalue weighted by atomic mass is 19.1. The quantitative estimate of drug-likeness (QED) is 0.830. The lowest BCUT2D eigenvalue weighted by Gasteiger charge is -2.05. The van der Waals surface area contributed by atoms with Gasteiger partial charge in [-0.25, -0.2) is 9.18 Å². The van der Waals surface area contributed by atoms with Gasteiger partial charge >= 0.3 is 5.97 Å². The fourth-order valence-corrected chi connectivity index (χ4v) is 1.30. The number of carbonyl (C=O) groups is 1. The SMILES string of the molecule is O=C(O)/C=C/c1ccc(OCc2ncon2)c(F)c1. The molecule has 19 heavy (non-hydrogen) atoms. The monoisotopic (exact) mass is 264 g/mol. The molecular formula is C12H9FN2O4. The number of carboxylic acid groups (broad SMARTS) is 1. The van der Waals surface area contributed by atoms with Crippen LogP contribution in [-0.2, 0) is 11.4 Å². The number of rotatable bonds is 5. The van der Waals surface area contributed by atoms with Crippen LogP contribution in [0, 0.1) is 5.82 Å². The van der Waals surface area contributed by atoms with Gasteiger partial charge in [-0.3, -0.25) is 0 Å². The van der Waals surface area contributed by atoms with Gasteiger partial charge in [0.15, 0.2) is 18.2 Å². The molecule has 6 nitrogen and oxygen atoms in total. The van der Waals surface area contributed by atoms with Crippen LogP contribution < -0.4 is 4.74 Å². The summed E-state index contributed by atoms with van der Waals surface area (Å²) >= 11 is 0. The first-order valence-corrected chi connectivity index (χ1v) is 5.24. The van der Waals surface area contributed by atoms with Gasteiger partial charge < -0.3 is 14.4 Å². The number of halogens is 1. The Morgan fingerprint density at radius 2 is 2.37 bits per heavy atom. The van der Waals surface area contributed by atoms with Gasteiger partial charge in [0, 0.05) is 6.08 Å². The van der Waals surface area contributed by atoms with E-state index in [1.807, 2.05) is 0 Å². The van der Waals surface area contributed by atoms with Gasteiger partial charge in [-0.1, -0.05) is 11.2 Å². The van der Waals surface area contributed by atoms with Crippen molar-refractivity contribution in [3.8, 4) is 5.75 Å². The van der Waals surface area contributed by atoms with Crippen molar-refractivity contribution in [3.05, 3.63) is 47.9 Å². The zero-order valence-corrected chi connectivity index (χ0v) is 9.62. The third kappa shape index (κ3) is 3.63. The molecule has 0 atom stereocenters. The van der Waals surface area contributed by atoms with Gasteiger partial charge in [0.25, 0.3) is 0 Å². The van der Waals surface area contributed by atoms with Crippen LogP contribution in [0.3, 0.4) is 0 Å². The highest BCUT2D eigenvalue weighted by molar-refractivity contribution is 5.85. The smallest absolute Gasteiger partial charge is 0.328 e. The zero-order valence-electron chi connectivity index (χ0n) is 9.62. The second kappa shape index (κ2) is 5.76. The van der Waals surface area contributed by atoms with Crippen LogP contribution in [-0.4, -0.2) is 21.2 Å². The third-order valence-electron chi connectivity index (χ3n) is 2.14. The van der Waals surface area contributed by atoms with E-state index in [4.69, 9.17) is 9.84 Å². The second-order valence-electron chi connectivity index (χ2n) is 3.50. The van der Waals surface area contributed by atoms with Crippen molar-refractivity contribution in [1.29, 1.82) is 0 Å². The molecule has 0 saturated carbocycles. The first-order valence-electron chi connectivity index (χ1n) is 5.24. The summed E-state index contributed by atoms with van der Waals surface area (Å²) in [5, 5.41) is 12.0. The van der Waals surface area contributed by atoms with Crippen molar-refractivity contribution in [2.75, 3.05) is 0 Å². The minimum Gasteiger partial charge on any atom is -0.482 e. The van der Waals surface area contributed by atoms with Gasteiger partial charge in [0.1, 0.15) is 0 Å². The van der Waals surface area contributed by atoms with Crippen molar-refractivity contribution in [2.45, 2.75) is 6.61 Å². The average Bonchev–Trinajstić information content (AvgIpc) is 2.88. The fourth-order valence-electron chi connectivity index (χ4n) is 1.30. The number of ether oxygens (including phenoxy) is 1. The average molecular weight is 264 g/mol. The Hall–Kier alpha value is -2.70. The summed E-state index contributed by atoms with van der Waals surface area (Å²) in [6.07, 6.45) is 3.36. The maximum absolute atomic E-state index is 13.6. The normalized spacial score (nSPS) is 10.8. The Kier molecular flexibility index (Phi) is 3.87. The highest BCUT2D eigenvalue weighted by Gasteiger charge is 2.06.